The average Bonchev–Trinajstić information content (AvgIpc) is 2.53. The number of pyridine rings is 1. The minimum absolute atomic E-state index is 0.746. The first-order valence-electron chi connectivity index (χ1n) is 3.78. The first-order chi connectivity index (χ1) is 6.34. The maximum Gasteiger partial charge on any atom is 0.213 e. The van der Waals surface area contributed by atoms with Gasteiger partial charge in [0, 0.05) is 24.3 Å². The van der Waals surface area contributed by atoms with Gasteiger partial charge in [0.2, 0.25) is 5.16 Å². The Kier molecular flexibility index (Phi) is 2.27. The molecule has 0 aliphatic carbocycles. The van der Waals surface area contributed by atoms with Crippen LogP contribution in [0.4, 0.5) is 0 Å². The van der Waals surface area contributed by atoms with Crippen molar-refractivity contribution in [3.63, 3.8) is 0 Å². The third-order valence-electron chi connectivity index (χ3n) is 1.42. The second-order valence-electron chi connectivity index (χ2n) is 2.49. The number of aryl methyl sites for hydroxylation is 1. The van der Waals surface area contributed by atoms with Crippen molar-refractivity contribution in [1.29, 1.82) is 0 Å². The molecule has 2 rings (SSSR count). The van der Waals surface area contributed by atoms with Gasteiger partial charge in [0.05, 0.1) is 0 Å². The SMILES string of the molecule is Cn1cnc(Sc2cccnc2)n1. The lowest BCUT2D eigenvalue weighted by molar-refractivity contribution is 0.738. The fourth-order valence-corrected chi connectivity index (χ4v) is 1.62. The van der Waals surface area contributed by atoms with Gasteiger partial charge in [-0.05, 0) is 23.9 Å². The molecule has 0 N–H and O–H groups in total. The summed E-state index contributed by atoms with van der Waals surface area (Å²) in [6, 6.07) is 3.87. The molecular weight excluding hydrogens is 184 g/mol. The van der Waals surface area contributed by atoms with Crippen LogP contribution in [0.5, 0.6) is 0 Å². The van der Waals surface area contributed by atoms with Gasteiger partial charge in [-0.2, -0.15) is 0 Å². The summed E-state index contributed by atoms with van der Waals surface area (Å²) >= 11 is 1.50. The van der Waals surface area contributed by atoms with Gasteiger partial charge in [0.15, 0.2) is 0 Å². The zero-order chi connectivity index (χ0) is 9.10. The highest BCUT2D eigenvalue weighted by Gasteiger charge is 2.00. The Hall–Kier alpha value is -1.36. The van der Waals surface area contributed by atoms with E-state index in [2.05, 4.69) is 15.1 Å². The second kappa shape index (κ2) is 3.57. The van der Waals surface area contributed by atoms with Crippen LogP contribution in [-0.2, 0) is 7.05 Å². The highest BCUT2D eigenvalue weighted by atomic mass is 32.2. The van der Waals surface area contributed by atoms with Crippen molar-refractivity contribution in [2.24, 2.45) is 7.05 Å². The molecule has 0 saturated carbocycles. The van der Waals surface area contributed by atoms with Gasteiger partial charge in [0.1, 0.15) is 6.33 Å². The molecule has 0 bridgehead atoms. The number of rotatable bonds is 2. The first kappa shape index (κ1) is 8.25. The van der Waals surface area contributed by atoms with Crippen molar-refractivity contribution in [2.45, 2.75) is 10.1 Å². The standard InChI is InChI=1S/C8H8N4S/c1-12-6-10-8(11-12)13-7-3-2-4-9-5-7/h2-6H,1H3. The molecule has 5 heteroatoms. The highest BCUT2D eigenvalue weighted by molar-refractivity contribution is 7.99. The fourth-order valence-electron chi connectivity index (χ4n) is 0.879. The zero-order valence-electron chi connectivity index (χ0n) is 7.08. The molecule has 2 aromatic heterocycles. The third-order valence-corrected chi connectivity index (χ3v) is 2.27. The number of hydrogen-bond acceptors (Lipinski definition) is 4. The van der Waals surface area contributed by atoms with Crippen LogP contribution < -0.4 is 0 Å². The predicted octanol–water partition coefficient (Wildman–Crippen LogP) is 1.36. The second-order valence-corrected chi connectivity index (χ2v) is 3.53. The lowest BCUT2D eigenvalue weighted by atomic mass is 10.5. The van der Waals surface area contributed by atoms with E-state index in [1.165, 1.54) is 11.8 Å². The Balaban J connectivity index is 2.15. The summed E-state index contributed by atoms with van der Waals surface area (Å²) in [5.74, 6) is 0. The lowest BCUT2D eigenvalue weighted by Crippen LogP contribution is -1.86. The monoisotopic (exact) mass is 192 g/mol. The minimum Gasteiger partial charge on any atom is -0.264 e. The Morgan fingerprint density at radius 1 is 1.46 bits per heavy atom. The van der Waals surface area contributed by atoms with Crippen LogP contribution in [0.3, 0.4) is 0 Å². The Labute approximate surface area is 80.0 Å². The summed E-state index contributed by atoms with van der Waals surface area (Å²) in [5, 5.41) is 4.89. The molecule has 0 radical (unpaired) electrons. The Morgan fingerprint density at radius 2 is 2.38 bits per heavy atom. The van der Waals surface area contributed by atoms with Crippen LogP contribution in [-0.4, -0.2) is 19.7 Å². The molecule has 66 valence electrons. The molecule has 0 amide bonds. The lowest BCUT2D eigenvalue weighted by Gasteiger charge is -1.93. The summed E-state index contributed by atoms with van der Waals surface area (Å²) in [7, 11) is 1.85. The van der Waals surface area contributed by atoms with Crippen molar-refractivity contribution >= 4 is 11.8 Å². The first-order valence-corrected chi connectivity index (χ1v) is 4.60. The normalized spacial score (nSPS) is 10.2. The van der Waals surface area contributed by atoms with E-state index in [-0.39, 0.29) is 0 Å². The van der Waals surface area contributed by atoms with E-state index in [4.69, 9.17) is 0 Å². The molecule has 0 fully saturated rings. The highest BCUT2D eigenvalue weighted by Crippen LogP contribution is 2.22. The van der Waals surface area contributed by atoms with Crippen molar-refractivity contribution in [3.8, 4) is 0 Å². The van der Waals surface area contributed by atoms with Gasteiger partial charge in [-0.1, -0.05) is 0 Å². The van der Waals surface area contributed by atoms with Crippen molar-refractivity contribution in [3.05, 3.63) is 30.9 Å². The molecule has 13 heavy (non-hydrogen) atoms. The van der Waals surface area contributed by atoms with Crippen molar-refractivity contribution in [1.82, 2.24) is 19.7 Å². The predicted molar refractivity (Wildman–Crippen MR) is 49.4 cm³/mol. The van der Waals surface area contributed by atoms with Crippen LogP contribution >= 0.6 is 11.8 Å². The average molecular weight is 192 g/mol. The molecule has 0 spiro atoms. The molecule has 0 aliphatic rings. The summed E-state index contributed by atoms with van der Waals surface area (Å²) in [6.45, 7) is 0. The van der Waals surface area contributed by atoms with Gasteiger partial charge in [-0.3, -0.25) is 9.67 Å². The molecule has 2 aromatic rings. The number of hydrogen-bond donors (Lipinski definition) is 0. The van der Waals surface area contributed by atoms with Crippen LogP contribution in [0.2, 0.25) is 0 Å². The van der Waals surface area contributed by atoms with Crippen molar-refractivity contribution in [2.75, 3.05) is 0 Å². The number of nitrogens with zero attached hydrogens (tertiary/aromatic N) is 4. The minimum atomic E-state index is 0.746. The van der Waals surface area contributed by atoms with Crippen molar-refractivity contribution < 1.29 is 0 Å². The zero-order valence-corrected chi connectivity index (χ0v) is 7.90. The number of aromatic nitrogens is 4. The maximum absolute atomic E-state index is 4.15. The summed E-state index contributed by atoms with van der Waals surface area (Å²) < 4.78 is 1.68. The Morgan fingerprint density at radius 3 is 3.00 bits per heavy atom. The van der Waals surface area contributed by atoms with E-state index >= 15 is 0 Å². The molecular formula is C8H8N4S. The Bertz CT molecular complexity index is 384. The third kappa shape index (κ3) is 2.06. The van der Waals surface area contributed by atoms with E-state index in [9.17, 15) is 0 Å². The summed E-state index contributed by atoms with van der Waals surface area (Å²) in [4.78, 5) is 9.15. The van der Waals surface area contributed by atoms with E-state index in [0.717, 1.165) is 10.1 Å². The van der Waals surface area contributed by atoms with Crippen LogP contribution in [0, 0.1) is 0 Å². The summed E-state index contributed by atoms with van der Waals surface area (Å²) in [6.07, 6.45) is 5.22. The quantitative estimate of drug-likeness (QED) is 0.720. The van der Waals surface area contributed by atoms with E-state index in [1.54, 1.807) is 23.4 Å². The molecule has 0 aliphatic heterocycles. The molecule has 0 atom stereocenters. The molecule has 4 nitrogen and oxygen atoms in total. The fraction of sp³-hybridized carbons (Fsp3) is 0.125. The van der Waals surface area contributed by atoms with Gasteiger partial charge in [0.25, 0.3) is 0 Å². The van der Waals surface area contributed by atoms with Gasteiger partial charge >= 0.3 is 0 Å². The van der Waals surface area contributed by atoms with Crippen LogP contribution in [0.15, 0.2) is 40.9 Å². The topological polar surface area (TPSA) is 43.6 Å². The van der Waals surface area contributed by atoms with Gasteiger partial charge in [-0.15, -0.1) is 5.10 Å². The van der Waals surface area contributed by atoms with E-state index < -0.39 is 0 Å². The van der Waals surface area contributed by atoms with Gasteiger partial charge < -0.3 is 0 Å². The maximum atomic E-state index is 4.15. The molecule has 2 heterocycles. The van der Waals surface area contributed by atoms with Gasteiger partial charge in [-0.25, -0.2) is 4.98 Å². The van der Waals surface area contributed by atoms with Crippen LogP contribution in [0.1, 0.15) is 0 Å². The molecule has 0 unspecified atom stereocenters. The smallest absolute Gasteiger partial charge is 0.213 e. The summed E-state index contributed by atoms with van der Waals surface area (Å²) in [5.41, 5.74) is 0. The van der Waals surface area contributed by atoms with E-state index in [0.29, 0.717) is 0 Å². The van der Waals surface area contributed by atoms with E-state index in [1.807, 2.05) is 19.2 Å². The molecule has 0 saturated heterocycles. The largest absolute Gasteiger partial charge is 0.264 e. The molecule has 0 aromatic carbocycles. The van der Waals surface area contributed by atoms with Crippen LogP contribution in [0.25, 0.3) is 0 Å².